The summed E-state index contributed by atoms with van der Waals surface area (Å²) in [5, 5.41) is 3.88. The molecule has 1 atom stereocenters. The van der Waals surface area contributed by atoms with E-state index >= 15 is 0 Å². The van der Waals surface area contributed by atoms with Crippen LogP contribution < -0.4 is 4.74 Å². The molecule has 18 heavy (non-hydrogen) atoms. The van der Waals surface area contributed by atoms with E-state index < -0.39 is 6.61 Å². The first-order valence-corrected chi connectivity index (χ1v) is 6.73. The van der Waals surface area contributed by atoms with Gasteiger partial charge in [0.05, 0.1) is 5.38 Å². The maximum atomic E-state index is 12.0. The molecule has 0 aliphatic carbocycles. The number of rotatable bonds is 5. The van der Waals surface area contributed by atoms with Gasteiger partial charge >= 0.3 is 6.61 Å². The summed E-state index contributed by atoms with van der Waals surface area (Å²) >= 11 is 7.90. The van der Waals surface area contributed by atoms with Crippen molar-refractivity contribution in [2.75, 3.05) is 0 Å². The second-order valence-electron chi connectivity index (χ2n) is 3.75. The number of benzene rings is 1. The topological polar surface area (TPSA) is 9.23 Å². The number of hydrogen-bond donors (Lipinski definition) is 0. The highest BCUT2D eigenvalue weighted by Gasteiger charge is 2.10. The van der Waals surface area contributed by atoms with Crippen LogP contribution in [0.4, 0.5) is 8.78 Å². The van der Waals surface area contributed by atoms with Gasteiger partial charge in [-0.3, -0.25) is 0 Å². The minimum Gasteiger partial charge on any atom is -0.435 e. The summed E-state index contributed by atoms with van der Waals surface area (Å²) < 4.78 is 28.2. The van der Waals surface area contributed by atoms with Crippen LogP contribution in [0.1, 0.15) is 16.5 Å². The average Bonchev–Trinajstić information content (AvgIpc) is 2.82. The largest absolute Gasteiger partial charge is 0.435 e. The molecule has 0 spiro atoms. The zero-order valence-electron chi connectivity index (χ0n) is 9.35. The molecule has 0 saturated carbocycles. The molecular formula is C13H11ClF2OS. The second-order valence-corrected chi connectivity index (χ2v) is 5.06. The van der Waals surface area contributed by atoms with Crippen molar-refractivity contribution in [1.29, 1.82) is 0 Å². The summed E-state index contributed by atoms with van der Waals surface area (Å²) in [4.78, 5) is 0. The third-order valence-corrected chi connectivity index (χ3v) is 3.60. The Hall–Kier alpha value is -1.13. The van der Waals surface area contributed by atoms with E-state index in [1.807, 2.05) is 16.8 Å². The lowest BCUT2D eigenvalue weighted by Crippen LogP contribution is -2.02. The average molecular weight is 289 g/mol. The summed E-state index contributed by atoms with van der Waals surface area (Å²) in [6.07, 6.45) is 0.722. The first-order valence-electron chi connectivity index (χ1n) is 5.35. The quantitative estimate of drug-likeness (QED) is 0.713. The van der Waals surface area contributed by atoms with Crippen molar-refractivity contribution in [2.24, 2.45) is 0 Å². The minimum absolute atomic E-state index is 0.146. The summed E-state index contributed by atoms with van der Waals surface area (Å²) in [6.45, 7) is -2.80. The number of hydrogen-bond acceptors (Lipinski definition) is 2. The lowest BCUT2D eigenvalue weighted by molar-refractivity contribution is -0.0498. The highest BCUT2D eigenvalue weighted by molar-refractivity contribution is 7.07. The molecule has 0 aliphatic rings. The molecule has 1 heterocycles. The number of thiophene rings is 1. The van der Waals surface area contributed by atoms with Gasteiger partial charge in [0.1, 0.15) is 5.75 Å². The van der Waals surface area contributed by atoms with Gasteiger partial charge < -0.3 is 4.74 Å². The second kappa shape index (κ2) is 6.16. The predicted molar refractivity (Wildman–Crippen MR) is 69.7 cm³/mol. The standard InChI is InChI=1S/C13H11ClF2OS/c14-12(7-9-5-6-18-8-9)10-1-3-11(4-2-10)17-13(15)16/h1-6,8,12-13H,7H2. The van der Waals surface area contributed by atoms with Crippen LogP contribution in [0.2, 0.25) is 0 Å². The third-order valence-electron chi connectivity index (χ3n) is 2.46. The van der Waals surface area contributed by atoms with Gasteiger partial charge in [0.15, 0.2) is 0 Å². The van der Waals surface area contributed by atoms with Gasteiger partial charge in [-0.2, -0.15) is 20.1 Å². The van der Waals surface area contributed by atoms with Crippen LogP contribution in [0.15, 0.2) is 41.1 Å². The molecule has 96 valence electrons. The molecule has 0 amide bonds. The van der Waals surface area contributed by atoms with Gasteiger partial charge in [-0.1, -0.05) is 12.1 Å². The van der Waals surface area contributed by atoms with Crippen LogP contribution in [0.3, 0.4) is 0 Å². The molecule has 1 aromatic heterocycles. The van der Waals surface area contributed by atoms with Crippen molar-refractivity contribution in [3.8, 4) is 5.75 Å². The molecule has 0 bridgehead atoms. The van der Waals surface area contributed by atoms with E-state index in [2.05, 4.69) is 4.74 Å². The van der Waals surface area contributed by atoms with Gasteiger partial charge in [0.2, 0.25) is 0 Å². The van der Waals surface area contributed by atoms with E-state index in [0.29, 0.717) is 0 Å². The maximum absolute atomic E-state index is 12.0. The van der Waals surface area contributed by atoms with Crippen molar-refractivity contribution in [3.05, 3.63) is 52.2 Å². The molecule has 1 aromatic carbocycles. The number of alkyl halides is 3. The lowest BCUT2D eigenvalue weighted by Gasteiger charge is -2.10. The van der Waals surface area contributed by atoms with Crippen molar-refractivity contribution >= 4 is 22.9 Å². The summed E-state index contributed by atoms with van der Waals surface area (Å²) in [5.41, 5.74) is 2.07. The smallest absolute Gasteiger partial charge is 0.387 e. The molecule has 2 aromatic rings. The fraction of sp³-hybridized carbons (Fsp3) is 0.231. The van der Waals surface area contributed by atoms with Gasteiger partial charge in [-0.05, 0) is 46.5 Å². The molecule has 0 radical (unpaired) electrons. The number of halogens is 3. The Bertz CT molecular complexity index is 470. The summed E-state index contributed by atoms with van der Waals surface area (Å²) in [7, 11) is 0. The van der Waals surface area contributed by atoms with Crippen molar-refractivity contribution < 1.29 is 13.5 Å². The van der Waals surface area contributed by atoms with Crippen LogP contribution >= 0.6 is 22.9 Å². The SMILES string of the molecule is FC(F)Oc1ccc(C(Cl)Cc2ccsc2)cc1. The van der Waals surface area contributed by atoms with Crippen LogP contribution in [-0.2, 0) is 6.42 Å². The Morgan fingerprint density at radius 3 is 2.44 bits per heavy atom. The summed E-state index contributed by atoms with van der Waals surface area (Å²) in [5.74, 6) is 0.146. The Balaban J connectivity index is 2.00. The maximum Gasteiger partial charge on any atom is 0.387 e. The predicted octanol–water partition coefficient (Wildman–Crippen LogP) is 4.87. The summed E-state index contributed by atoms with van der Waals surface area (Å²) in [6, 6.07) is 8.45. The van der Waals surface area contributed by atoms with Crippen molar-refractivity contribution in [3.63, 3.8) is 0 Å². The van der Waals surface area contributed by atoms with E-state index in [1.54, 1.807) is 23.5 Å². The molecule has 5 heteroatoms. The van der Waals surface area contributed by atoms with Crippen molar-refractivity contribution in [2.45, 2.75) is 18.4 Å². The monoisotopic (exact) mass is 288 g/mol. The minimum atomic E-state index is -2.80. The van der Waals surface area contributed by atoms with E-state index in [4.69, 9.17) is 11.6 Å². The Morgan fingerprint density at radius 2 is 1.89 bits per heavy atom. The van der Waals surface area contributed by atoms with Crippen LogP contribution in [-0.4, -0.2) is 6.61 Å². The van der Waals surface area contributed by atoms with E-state index in [1.165, 1.54) is 17.7 Å². The molecule has 0 saturated heterocycles. The molecular weight excluding hydrogens is 278 g/mol. The van der Waals surface area contributed by atoms with E-state index in [0.717, 1.165) is 12.0 Å². The highest BCUT2D eigenvalue weighted by atomic mass is 35.5. The van der Waals surface area contributed by atoms with Crippen LogP contribution in [0, 0.1) is 0 Å². The molecule has 1 unspecified atom stereocenters. The number of ether oxygens (including phenoxy) is 1. The molecule has 0 aliphatic heterocycles. The zero-order chi connectivity index (χ0) is 13.0. The molecule has 0 fully saturated rings. The van der Waals surface area contributed by atoms with Crippen LogP contribution in [0.25, 0.3) is 0 Å². The molecule has 1 nitrogen and oxygen atoms in total. The Labute approximate surface area is 113 Å². The van der Waals surface area contributed by atoms with Crippen molar-refractivity contribution in [1.82, 2.24) is 0 Å². The van der Waals surface area contributed by atoms with Gasteiger partial charge in [0, 0.05) is 0 Å². The van der Waals surface area contributed by atoms with E-state index in [-0.39, 0.29) is 11.1 Å². The van der Waals surface area contributed by atoms with Gasteiger partial charge in [-0.15, -0.1) is 11.6 Å². The fourth-order valence-corrected chi connectivity index (χ4v) is 2.60. The van der Waals surface area contributed by atoms with Crippen LogP contribution in [0.5, 0.6) is 5.75 Å². The Kier molecular flexibility index (Phi) is 4.55. The fourth-order valence-electron chi connectivity index (χ4n) is 1.59. The Morgan fingerprint density at radius 1 is 1.17 bits per heavy atom. The first-order chi connectivity index (χ1) is 8.65. The van der Waals surface area contributed by atoms with Gasteiger partial charge in [-0.25, -0.2) is 0 Å². The molecule has 2 rings (SSSR count). The normalized spacial score (nSPS) is 12.7. The third kappa shape index (κ3) is 3.68. The highest BCUT2D eigenvalue weighted by Crippen LogP contribution is 2.27. The first kappa shape index (κ1) is 13.3. The van der Waals surface area contributed by atoms with E-state index in [9.17, 15) is 8.78 Å². The zero-order valence-corrected chi connectivity index (χ0v) is 10.9. The molecule has 0 N–H and O–H groups in total. The van der Waals surface area contributed by atoms with Gasteiger partial charge in [0.25, 0.3) is 0 Å². The lowest BCUT2D eigenvalue weighted by atomic mass is 10.1.